The summed E-state index contributed by atoms with van der Waals surface area (Å²) in [6.45, 7) is 7.45. The Bertz CT molecular complexity index is 901. The lowest BCUT2D eigenvalue weighted by molar-refractivity contribution is 0.202. The molecule has 0 saturated carbocycles. The number of benzene rings is 2. The van der Waals surface area contributed by atoms with Gasteiger partial charge in [0.1, 0.15) is 0 Å². The zero-order valence-electron chi connectivity index (χ0n) is 16.9. The van der Waals surface area contributed by atoms with Gasteiger partial charge in [-0.3, -0.25) is 4.90 Å². The molecule has 2 heterocycles. The van der Waals surface area contributed by atoms with Gasteiger partial charge in [-0.15, -0.1) is 0 Å². The third-order valence-corrected chi connectivity index (χ3v) is 5.63. The molecular weight excluding hydrogens is 382 g/mol. The lowest BCUT2D eigenvalue weighted by Gasteiger charge is -2.29. The van der Waals surface area contributed by atoms with Crippen molar-refractivity contribution in [2.24, 2.45) is 0 Å². The average molecular weight is 410 g/mol. The van der Waals surface area contributed by atoms with Crippen LogP contribution in [0.1, 0.15) is 5.56 Å². The zero-order valence-corrected chi connectivity index (χ0v) is 17.6. The monoisotopic (exact) mass is 409 g/mol. The van der Waals surface area contributed by atoms with Gasteiger partial charge >= 0.3 is 0 Å². The molecule has 1 aliphatic heterocycles. The average Bonchev–Trinajstić information content (AvgIpc) is 3.18. The molecular formula is C23H28ClN5. The van der Waals surface area contributed by atoms with E-state index in [4.69, 9.17) is 16.7 Å². The molecule has 0 bridgehead atoms. The number of para-hydroxylation sites is 1. The standard InChI is InChI=1S/C23H28ClN5/c1-27(15-16-28-13-11-25-12-14-28)17-20-18-29(22-5-3-2-4-6-22)26-23(20)19-7-9-21(24)10-8-19/h2-10,18,25H,11-17H2,1H3. The molecule has 3 aromatic rings. The van der Waals surface area contributed by atoms with Gasteiger partial charge in [0.25, 0.3) is 0 Å². The van der Waals surface area contributed by atoms with Crippen molar-refractivity contribution in [1.82, 2.24) is 24.9 Å². The summed E-state index contributed by atoms with van der Waals surface area (Å²) in [7, 11) is 2.19. The summed E-state index contributed by atoms with van der Waals surface area (Å²) in [5.74, 6) is 0. The van der Waals surface area contributed by atoms with Crippen LogP contribution in [0.2, 0.25) is 5.02 Å². The summed E-state index contributed by atoms with van der Waals surface area (Å²) in [6.07, 6.45) is 2.15. The second-order valence-electron chi connectivity index (χ2n) is 7.62. The van der Waals surface area contributed by atoms with Crippen LogP contribution in [0.4, 0.5) is 0 Å². The Hall–Kier alpha value is -2.18. The van der Waals surface area contributed by atoms with Gasteiger partial charge in [0.2, 0.25) is 0 Å². The van der Waals surface area contributed by atoms with Gasteiger partial charge in [-0.2, -0.15) is 5.10 Å². The van der Waals surface area contributed by atoms with Gasteiger partial charge in [-0.1, -0.05) is 41.9 Å². The fourth-order valence-corrected chi connectivity index (χ4v) is 3.83. The van der Waals surface area contributed by atoms with Crippen LogP contribution in [0.15, 0.2) is 60.8 Å². The van der Waals surface area contributed by atoms with Crippen molar-refractivity contribution in [1.29, 1.82) is 0 Å². The Morgan fingerprint density at radius 1 is 1.03 bits per heavy atom. The third-order valence-electron chi connectivity index (χ3n) is 5.38. The second-order valence-corrected chi connectivity index (χ2v) is 8.06. The summed E-state index contributed by atoms with van der Waals surface area (Å²) in [5.41, 5.74) is 4.39. The van der Waals surface area contributed by atoms with Gasteiger partial charge in [0.15, 0.2) is 0 Å². The maximum Gasteiger partial charge on any atom is 0.0972 e. The first-order valence-corrected chi connectivity index (χ1v) is 10.6. The molecule has 1 aliphatic rings. The molecule has 0 amide bonds. The maximum absolute atomic E-state index is 6.10. The van der Waals surface area contributed by atoms with Crippen LogP contribution in [0.3, 0.4) is 0 Å². The Morgan fingerprint density at radius 2 is 1.76 bits per heavy atom. The number of piperazine rings is 1. The first-order valence-electron chi connectivity index (χ1n) is 10.2. The minimum Gasteiger partial charge on any atom is -0.314 e. The van der Waals surface area contributed by atoms with E-state index in [-0.39, 0.29) is 0 Å². The highest BCUT2D eigenvalue weighted by molar-refractivity contribution is 6.30. The summed E-state index contributed by atoms with van der Waals surface area (Å²) >= 11 is 6.10. The molecule has 152 valence electrons. The highest BCUT2D eigenvalue weighted by atomic mass is 35.5. The third kappa shape index (κ3) is 5.25. The molecule has 6 heteroatoms. The number of nitrogens with zero attached hydrogens (tertiary/aromatic N) is 4. The van der Waals surface area contributed by atoms with Crippen LogP contribution < -0.4 is 5.32 Å². The van der Waals surface area contributed by atoms with Gasteiger partial charge in [-0.05, 0) is 31.3 Å². The van der Waals surface area contributed by atoms with E-state index in [1.807, 2.05) is 47.1 Å². The van der Waals surface area contributed by atoms with Gasteiger partial charge in [-0.25, -0.2) is 4.68 Å². The van der Waals surface area contributed by atoms with Crippen LogP contribution >= 0.6 is 11.6 Å². The number of hydrogen-bond acceptors (Lipinski definition) is 4. The van der Waals surface area contributed by atoms with Crippen molar-refractivity contribution in [2.45, 2.75) is 6.54 Å². The molecule has 5 nitrogen and oxygen atoms in total. The first kappa shape index (κ1) is 20.1. The zero-order chi connectivity index (χ0) is 20.1. The molecule has 1 saturated heterocycles. The molecule has 0 spiro atoms. The van der Waals surface area contributed by atoms with E-state index >= 15 is 0 Å². The fourth-order valence-electron chi connectivity index (χ4n) is 3.71. The smallest absolute Gasteiger partial charge is 0.0972 e. The summed E-state index contributed by atoms with van der Waals surface area (Å²) in [5, 5.41) is 9.07. The number of hydrogen-bond donors (Lipinski definition) is 1. The molecule has 0 aliphatic carbocycles. The summed E-state index contributed by atoms with van der Waals surface area (Å²) < 4.78 is 1.98. The Kier molecular flexibility index (Phi) is 6.62. The molecule has 2 aromatic carbocycles. The normalized spacial score (nSPS) is 15.1. The fraction of sp³-hybridized carbons (Fsp3) is 0.348. The topological polar surface area (TPSA) is 36.3 Å². The van der Waals surface area contributed by atoms with Crippen LogP contribution in [-0.2, 0) is 6.54 Å². The van der Waals surface area contributed by atoms with Crippen molar-refractivity contribution in [3.8, 4) is 16.9 Å². The SMILES string of the molecule is CN(CCN1CCNCC1)Cc1cn(-c2ccccc2)nc1-c1ccc(Cl)cc1. The van der Waals surface area contributed by atoms with Gasteiger partial charge in [0, 0.05) is 68.2 Å². The quantitative estimate of drug-likeness (QED) is 0.647. The first-order chi connectivity index (χ1) is 14.2. The van der Waals surface area contributed by atoms with Crippen molar-refractivity contribution in [3.05, 3.63) is 71.4 Å². The maximum atomic E-state index is 6.10. The Labute approximate surface area is 177 Å². The van der Waals surface area contributed by atoms with Crippen LogP contribution in [0.25, 0.3) is 16.9 Å². The van der Waals surface area contributed by atoms with E-state index in [1.54, 1.807) is 0 Å². The minimum absolute atomic E-state index is 0.742. The van der Waals surface area contributed by atoms with E-state index in [2.05, 4.69) is 40.5 Å². The predicted molar refractivity (Wildman–Crippen MR) is 120 cm³/mol. The molecule has 4 rings (SSSR count). The molecule has 0 radical (unpaired) electrons. The molecule has 0 atom stereocenters. The Balaban J connectivity index is 1.53. The lowest BCUT2D eigenvalue weighted by atomic mass is 10.1. The van der Waals surface area contributed by atoms with Crippen molar-refractivity contribution in [2.75, 3.05) is 46.3 Å². The molecule has 1 fully saturated rings. The van der Waals surface area contributed by atoms with Gasteiger partial charge < -0.3 is 10.2 Å². The van der Waals surface area contributed by atoms with Crippen molar-refractivity contribution < 1.29 is 0 Å². The molecule has 0 unspecified atom stereocenters. The van der Waals surface area contributed by atoms with Gasteiger partial charge in [0.05, 0.1) is 11.4 Å². The predicted octanol–water partition coefficient (Wildman–Crippen LogP) is 3.53. The van der Waals surface area contributed by atoms with E-state index in [0.29, 0.717) is 0 Å². The number of rotatable bonds is 7. The highest BCUT2D eigenvalue weighted by Crippen LogP contribution is 2.26. The number of nitrogens with one attached hydrogen (secondary N) is 1. The highest BCUT2D eigenvalue weighted by Gasteiger charge is 2.15. The minimum atomic E-state index is 0.742. The summed E-state index contributed by atoms with van der Waals surface area (Å²) in [4.78, 5) is 4.91. The Morgan fingerprint density at radius 3 is 2.48 bits per heavy atom. The second kappa shape index (κ2) is 9.55. The van der Waals surface area contributed by atoms with Crippen LogP contribution in [0, 0.1) is 0 Å². The van der Waals surface area contributed by atoms with E-state index in [1.165, 1.54) is 5.56 Å². The van der Waals surface area contributed by atoms with Crippen LogP contribution in [0.5, 0.6) is 0 Å². The van der Waals surface area contributed by atoms with Crippen LogP contribution in [-0.4, -0.2) is 65.9 Å². The molecule has 29 heavy (non-hydrogen) atoms. The molecule has 1 aromatic heterocycles. The summed E-state index contributed by atoms with van der Waals surface area (Å²) in [6, 6.07) is 18.2. The lowest BCUT2D eigenvalue weighted by Crippen LogP contribution is -2.45. The number of likely N-dealkylation sites (N-methyl/N-ethyl adjacent to an activating group) is 1. The number of aromatic nitrogens is 2. The van der Waals surface area contributed by atoms with Crippen molar-refractivity contribution >= 4 is 11.6 Å². The van der Waals surface area contributed by atoms with E-state index in [9.17, 15) is 0 Å². The van der Waals surface area contributed by atoms with E-state index < -0.39 is 0 Å². The van der Waals surface area contributed by atoms with E-state index in [0.717, 1.165) is 67.8 Å². The van der Waals surface area contributed by atoms with Crippen molar-refractivity contribution in [3.63, 3.8) is 0 Å². The molecule has 1 N–H and O–H groups in total. The largest absolute Gasteiger partial charge is 0.314 e. The number of halogens is 1.